The second kappa shape index (κ2) is 15.0. The number of ether oxygens (including phenoxy) is 1. The van der Waals surface area contributed by atoms with Crippen LogP contribution < -0.4 is 20.7 Å². The number of para-hydroxylation sites is 1. The molecule has 1 aliphatic carbocycles. The monoisotopic (exact) mass is 874 g/mol. The molecular formula is C62H39N2O2P. The minimum atomic E-state index is -3.22. The zero-order valence-electron chi connectivity index (χ0n) is 36.2. The third-order valence-electron chi connectivity index (χ3n) is 14.0. The van der Waals surface area contributed by atoms with Gasteiger partial charge in [0.2, 0.25) is 0 Å². The third kappa shape index (κ3) is 5.76. The zero-order valence-corrected chi connectivity index (χ0v) is 37.1. The molecule has 0 atom stereocenters. The molecule has 1 aromatic heterocycles. The number of fused-ring (bicyclic) bond motifs is 12. The Labute approximate surface area is 388 Å². The third-order valence-corrected chi connectivity index (χ3v) is 17.0. The summed E-state index contributed by atoms with van der Waals surface area (Å²) in [7, 11) is -3.22. The van der Waals surface area contributed by atoms with Gasteiger partial charge >= 0.3 is 0 Å². The second-order valence-electron chi connectivity index (χ2n) is 17.4. The highest BCUT2D eigenvalue weighted by molar-refractivity contribution is 7.85. The Morgan fingerprint density at radius 2 is 0.896 bits per heavy atom. The lowest BCUT2D eigenvalue weighted by atomic mass is 9.65. The average Bonchev–Trinajstić information content (AvgIpc) is 3.88. The molecule has 314 valence electrons. The second-order valence-corrected chi connectivity index (χ2v) is 20.2. The summed E-state index contributed by atoms with van der Waals surface area (Å²) in [5, 5.41) is 14.4. The normalized spacial score (nSPS) is 13.1. The number of hydrogen-bond acceptors (Lipinski definition) is 3. The van der Waals surface area contributed by atoms with E-state index in [9.17, 15) is 5.26 Å². The van der Waals surface area contributed by atoms with Gasteiger partial charge in [0.15, 0.2) is 7.14 Å². The maximum Gasteiger partial charge on any atom is 0.171 e. The molecule has 0 unspecified atom stereocenters. The minimum Gasteiger partial charge on any atom is -0.457 e. The first-order valence-corrected chi connectivity index (χ1v) is 24.3. The summed E-state index contributed by atoms with van der Waals surface area (Å²) < 4.78 is 25.0. The molecule has 2 heterocycles. The highest BCUT2D eigenvalue weighted by Crippen LogP contribution is 2.62. The van der Waals surface area contributed by atoms with Crippen LogP contribution in [0.3, 0.4) is 0 Å². The Kier molecular flexibility index (Phi) is 8.74. The van der Waals surface area contributed by atoms with Crippen LogP contribution >= 0.6 is 7.14 Å². The Morgan fingerprint density at radius 1 is 0.418 bits per heavy atom. The van der Waals surface area contributed by atoms with Gasteiger partial charge in [-0.3, -0.25) is 0 Å². The van der Waals surface area contributed by atoms with E-state index < -0.39 is 12.6 Å². The van der Waals surface area contributed by atoms with Crippen molar-refractivity contribution in [1.29, 1.82) is 5.26 Å². The first kappa shape index (κ1) is 38.9. The SMILES string of the molecule is N#Cc1ccc2c(c1)c1cc(-c3ccc4c(c3)Oc3cc(-c5cccc(P(=O)(c6ccccc6)c6ccccc6)c5)ccc3C43c4ccccc4-c4ccccc43)ccc1n2-c1ccccc1. The van der Waals surface area contributed by atoms with E-state index in [2.05, 4.69) is 156 Å². The van der Waals surface area contributed by atoms with E-state index >= 15 is 4.57 Å². The summed E-state index contributed by atoms with van der Waals surface area (Å²) in [4.78, 5) is 0. The van der Waals surface area contributed by atoms with Crippen LogP contribution in [0.5, 0.6) is 11.5 Å². The molecule has 0 saturated heterocycles. The molecule has 0 saturated carbocycles. The van der Waals surface area contributed by atoms with Crippen LogP contribution in [0.2, 0.25) is 0 Å². The Balaban J connectivity index is 0.993. The molecule has 4 nitrogen and oxygen atoms in total. The first-order valence-electron chi connectivity index (χ1n) is 22.6. The first-order chi connectivity index (χ1) is 33.0. The highest BCUT2D eigenvalue weighted by atomic mass is 31.2. The van der Waals surface area contributed by atoms with Crippen molar-refractivity contribution in [2.45, 2.75) is 5.41 Å². The largest absolute Gasteiger partial charge is 0.457 e. The maximum absolute atomic E-state index is 15.5. The molecule has 5 heteroatoms. The van der Waals surface area contributed by atoms with Crippen LogP contribution in [0.1, 0.15) is 27.8 Å². The van der Waals surface area contributed by atoms with E-state index in [0.29, 0.717) is 5.56 Å². The lowest BCUT2D eigenvalue weighted by Gasteiger charge is -2.39. The van der Waals surface area contributed by atoms with Crippen LogP contribution in [0.15, 0.2) is 237 Å². The lowest BCUT2D eigenvalue weighted by Crippen LogP contribution is -2.32. The topological polar surface area (TPSA) is 55.0 Å². The Bertz CT molecular complexity index is 3800. The zero-order chi connectivity index (χ0) is 44.7. The van der Waals surface area contributed by atoms with Crippen LogP contribution in [0.4, 0.5) is 0 Å². The Morgan fingerprint density at radius 3 is 1.49 bits per heavy atom. The maximum atomic E-state index is 15.5. The molecule has 0 radical (unpaired) electrons. The van der Waals surface area contributed by atoms with E-state index in [0.717, 1.165) is 88.3 Å². The van der Waals surface area contributed by atoms with Gasteiger partial charge < -0.3 is 13.9 Å². The van der Waals surface area contributed by atoms with Crippen LogP contribution in [-0.4, -0.2) is 4.57 Å². The standard InChI is InChI=1S/C62H39N2O2P/c63-40-41-27-33-58-52(35-41)53-37-43(30-34-59(53)64(58)46-16-4-1-5-17-46)45-29-32-57-61(39-45)66-60-38-44(28-31-56(60)62(57)54-25-12-10-23-50(54)51-24-11-13-26-55(51)62)42-15-14-22-49(36-42)67(65,47-18-6-2-7-19-47)48-20-8-3-9-21-48/h1-39H. The van der Waals surface area contributed by atoms with Crippen molar-refractivity contribution in [1.82, 2.24) is 4.57 Å². The molecule has 1 spiro atoms. The molecule has 0 fully saturated rings. The van der Waals surface area contributed by atoms with Crippen LogP contribution in [-0.2, 0) is 9.98 Å². The van der Waals surface area contributed by atoms with Gasteiger partial charge in [-0.1, -0.05) is 176 Å². The molecule has 67 heavy (non-hydrogen) atoms. The van der Waals surface area contributed by atoms with Crippen molar-refractivity contribution < 1.29 is 9.30 Å². The number of benzene rings is 10. The van der Waals surface area contributed by atoms with Crippen molar-refractivity contribution in [3.05, 3.63) is 264 Å². The molecule has 1 aliphatic heterocycles. The van der Waals surface area contributed by atoms with E-state index in [1.807, 2.05) is 91.0 Å². The summed E-state index contributed by atoms with van der Waals surface area (Å²) in [6, 6.07) is 84.1. The number of aromatic nitrogens is 1. The quantitative estimate of drug-likeness (QED) is 0.156. The molecular weight excluding hydrogens is 836 g/mol. The van der Waals surface area contributed by atoms with E-state index in [1.165, 1.54) is 22.3 Å². The van der Waals surface area contributed by atoms with Gasteiger partial charge in [-0.2, -0.15) is 5.26 Å². The summed E-state index contributed by atoms with van der Waals surface area (Å²) in [6.07, 6.45) is 0. The van der Waals surface area contributed by atoms with E-state index in [1.54, 1.807) is 0 Å². The van der Waals surface area contributed by atoms with Gasteiger partial charge in [-0.25, -0.2) is 0 Å². The van der Waals surface area contributed by atoms with Crippen molar-refractivity contribution in [3.63, 3.8) is 0 Å². The summed E-state index contributed by atoms with van der Waals surface area (Å²) in [5.74, 6) is 1.57. The summed E-state index contributed by atoms with van der Waals surface area (Å²) >= 11 is 0. The fourth-order valence-corrected chi connectivity index (χ4v) is 13.7. The number of hydrogen-bond donors (Lipinski definition) is 0. The van der Waals surface area contributed by atoms with Crippen molar-refractivity contribution >= 4 is 44.9 Å². The highest BCUT2D eigenvalue weighted by Gasteiger charge is 2.51. The van der Waals surface area contributed by atoms with Crippen molar-refractivity contribution in [2.75, 3.05) is 0 Å². The molecule has 2 aliphatic rings. The van der Waals surface area contributed by atoms with Gasteiger partial charge in [0, 0.05) is 43.5 Å². The van der Waals surface area contributed by atoms with E-state index in [-0.39, 0.29) is 0 Å². The lowest BCUT2D eigenvalue weighted by molar-refractivity contribution is 0.437. The molecule has 0 bridgehead atoms. The predicted molar refractivity (Wildman–Crippen MR) is 273 cm³/mol. The van der Waals surface area contributed by atoms with Crippen molar-refractivity contribution in [2.24, 2.45) is 0 Å². The fraction of sp³-hybridized carbons (Fsp3) is 0.0161. The molecule has 11 aromatic rings. The number of nitriles is 1. The number of nitrogens with zero attached hydrogens (tertiary/aromatic N) is 2. The van der Waals surface area contributed by atoms with Gasteiger partial charge in [0.25, 0.3) is 0 Å². The average molecular weight is 875 g/mol. The molecule has 0 N–H and O–H groups in total. The van der Waals surface area contributed by atoms with Crippen LogP contribution in [0.25, 0.3) is 60.9 Å². The molecule has 10 aromatic carbocycles. The van der Waals surface area contributed by atoms with Gasteiger partial charge in [-0.15, -0.1) is 0 Å². The number of rotatable bonds is 6. The van der Waals surface area contributed by atoms with Gasteiger partial charge in [0.05, 0.1) is 28.1 Å². The minimum absolute atomic E-state index is 0.626. The summed E-state index contributed by atoms with van der Waals surface area (Å²) in [6.45, 7) is 0. The fourth-order valence-electron chi connectivity index (χ4n) is 11.0. The van der Waals surface area contributed by atoms with E-state index in [4.69, 9.17) is 4.74 Å². The predicted octanol–water partition coefficient (Wildman–Crippen LogP) is 14.1. The smallest absolute Gasteiger partial charge is 0.171 e. The molecule has 0 amide bonds. The van der Waals surface area contributed by atoms with Crippen LogP contribution in [0, 0.1) is 11.3 Å². The summed E-state index contributed by atoms with van der Waals surface area (Å²) in [5.41, 5.74) is 14.2. The molecule has 13 rings (SSSR count). The Hall–Kier alpha value is -8.48. The van der Waals surface area contributed by atoms with Gasteiger partial charge in [-0.05, 0) is 105 Å². The van der Waals surface area contributed by atoms with Crippen molar-refractivity contribution in [3.8, 4) is 56.6 Å². The van der Waals surface area contributed by atoms with Gasteiger partial charge in [0.1, 0.15) is 11.5 Å².